The summed E-state index contributed by atoms with van der Waals surface area (Å²) in [6.45, 7) is 0. The minimum Gasteiger partial charge on any atom is -0.282 e. The second-order valence-corrected chi connectivity index (χ2v) is 8.42. The molecule has 3 aromatic rings. The number of aryl methyl sites for hydroxylation is 1. The molecule has 146 valence electrons. The first-order valence-corrected chi connectivity index (χ1v) is 11.0. The van der Waals surface area contributed by atoms with Crippen molar-refractivity contribution in [1.29, 1.82) is 0 Å². The molecule has 4 rings (SSSR count). The van der Waals surface area contributed by atoms with E-state index in [1.807, 2.05) is 6.20 Å². The van der Waals surface area contributed by atoms with Gasteiger partial charge in [-0.3, -0.25) is 5.10 Å². The summed E-state index contributed by atoms with van der Waals surface area (Å²) in [5, 5.41) is 7.75. The fourth-order valence-corrected chi connectivity index (χ4v) is 4.83. The third-order valence-corrected chi connectivity index (χ3v) is 6.41. The number of hydrogen-bond donors (Lipinski definition) is 1. The smallest absolute Gasteiger partial charge is 0.0525 e. The molecular formula is C26H32N2. The summed E-state index contributed by atoms with van der Waals surface area (Å²) in [5.74, 6) is 1.55. The van der Waals surface area contributed by atoms with E-state index in [1.165, 1.54) is 73.8 Å². The molecule has 1 aliphatic rings. The van der Waals surface area contributed by atoms with E-state index < -0.39 is 0 Å². The highest BCUT2D eigenvalue weighted by Gasteiger charge is 2.23. The summed E-state index contributed by atoms with van der Waals surface area (Å²) in [5.41, 5.74) is 5.64. The molecule has 2 heteroatoms. The molecule has 1 aliphatic carbocycles. The molecule has 28 heavy (non-hydrogen) atoms. The molecule has 2 unspecified atom stereocenters. The van der Waals surface area contributed by atoms with Gasteiger partial charge in [-0.25, -0.2) is 0 Å². The van der Waals surface area contributed by atoms with Gasteiger partial charge in [0.15, 0.2) is 0 Å². The average Bonchev–Trinajstić information content (AvgIpc) is 3.06. The zero-order valence-corrected chi connectivity index (χ0v) is 16.8. The normalized spacial score (nSPS) is 20.0. The molecule has 0 spiro atoms. The molecule has 2 aromatic carbocycles. The molecule has 0 radical (unpaired) electrons. The molecule has 2 nitrogen and oxygen atoms in total. The highest BCUT2D eigenvalue weighted by atomic mass is 15.1. The first-order valence-electron chi connectivity index (χ1n) is 11.0. The number of aromatic amines is 1. The maximum absolute atomic E-state index is 4.40. The number of nitrogens with one attached hydrogen (secondary N) is 1. The summed E-state index contributed by atoms with van der Waals surface area (Å²) in [4.78, 5) is 0. The van der Waals surface area contributed by atoms with Gasteiger partial charge in [-0.15, -0.1) is 0 Å². The lowest BCUT2D eigenvalue weighted by Crippen LogP contribution is -2.03. The van der Waals surface area contributed by atoms with E-state index in [0.29, 0.717) is 5.92 Å². The Morgan fingerprint density at radius 2 is 1.57 bits per heavy atom. The monoisotopic (exact) mass is 372 g/mol. The van der Waals surface area contributed by atoms with Crippen molar-refractivity contribution < 1.29 is 0 Å². The number of H-pyrrole nitrogens is 1. The number of aromatic nitrogens is 2. The Morgan fingerprint density at radius 1 is 0.821 bits per heavy atom. The molecule has 1 heterocycles. The van der Waals surface area contributed by atoms with Crippen molar-refractivity contribution in [2.45, 2.75) is 63.7 Å². The van der Waals surface area contributed by atoms with Crippen LogP contribution in [0.2, 0.25) is 0 Å². The molecule has 1 fully saturated rings. The molecule has 1 N–H and O–H groups in total. The van der Waals surface area contributed by atoms with Crippen LogP contribution in [0.15, 0.2) is 66.9 Å². The van der Waals surface area contributed by atoms with Gasteiger partial charge in [-0.05, 0) is 54.7 Å². The second-order valence-electron chi connectivity index (χ2n) is 8.42. The van der Waals surface area contributed by atoms with Gasteiger partial charge in [0.25, 0.3) is 0 Å². The topological polar surface area (TPSA) is 28.7 Å². The molecule has 1 aromatic heterocycles. The van der Waals surface area contributed by atoms with Gasteiger partial charge < -0.3 is 0 Å². The summed E-state index contributed by atoms with van der Waals surface area (Å²) in [6.07, 6.45) is 13.7. The van der Waals surface area contributed by atoms with Crippen LogP contribution in [0.5, 0.6) is 0 Å². The van der Waals surface area contributed by atoms with Crippen LogP contribution in [-0.2, 0) is 12.8 Å². The summed E-state index contributed by atoms with van der Waals surface area (Å²) in [6, 6.07) is 21.7. The van der Waals surface area contributed by atoms with Gasteiger partial charge >= 0.3 is 0 Å². The third-order valence-electron chi connectivity index (χ3n) is 6.41. The maximum atomic E-state index is 4.40. The van der Waals surface area contributed by atoms with Crippen molar-refractivity contribution in [3.8, 4) is 0 Å². The van der Waals surface area contributed by atoms with Crippen molar-refractivity contribution in [3.05, 3.63) is 89.2 Å². The summed E-state index contributed by atoms with van der Waals surface area (Å²) < 4.78 is 0. The summed E-state index contributed by atoms with van der Waals surface area (Å²) >= 11 is 0. The van der Waals surface area contributed by atoms with Crippen LogP contribution in [0.4, 0.5) is 0 Å². The molecule has 0 aliphatic heterocycles. The highest BCUT2D eigenvalue weighted by molar-refractivity contribution is 5.29. The number of nitrogens with zero attached hydrogens (tertiary/aromatic N) is 1. The van der Waals surface area contributed by atoms with Crippen molar-refractivity contribution in [2.24, 2.45) is 5.92 Å². The van der Waals surface area contributed by atoms with Gasteiger partial charge in [-0.2, -0.15) is 5.10 Å². The first kappa shape index (κ1) is 19.0. The Morgan fingerprint density at radius 3 is 2.36 bits per heavy atom. The largest absolute Gasteiger partial charge is 0.282 e. The zero-order chi connectivity index (χ0) is 19.0. The van der Waals surface area contributed by atoms with Crippen molar-refractivity contribution >= 4 is 0 Å². The predicted molar refractivity (Wildman–Crippen MR) is 117 cm³/mol. The standard InChI is InChI=1S/C26H32N2/c1-3-9-21(10-4-1)13-7-14-22-15-8-16-24(18-17-22)26-25(20-27-28-26)19-23-11-5-2-6-12-23/h1-6,9-12,20,22,24H,7-8,13-19H2,(H,27,28). The highest BCUT2D eigenvalue weighted by Crippen LogP contribution is 2.36. The lowest BCUT2D eigenvalue weighted by atomic mass is 9.90. The quantitative estimate of drug-likeness (QED) is 0.460. The minimum absolute atomic E-state index is 0.653. The van der Waals surface area contributed by atoms with E-state index in [0.717, 1.165) is 12.3 Å². The average molecular weight is 373 g/mol. The van der Waals surface area contributed by atoms with E-state index >= 15 is 0 Å². The SMILES string of the molecule is c1ccc(CCCC2CCCC(c3[nH]ncc3Cc3ccccc3)CC2)cc1. The van der Waals surface area contributed by atoms with Crippen LogP contribution in [0.3, 0.4) is 0 Å². The van der Waals surface area contributed by atoms with E-state index in [4.69, 9.17) is 0 Å². The molecule has 0 bridgehead atoms. The molecule has 0 amide bonds. The van der Waals surface area contributed by atoms with Gasteiger partial charge in [-0.1, -0.05) is 79.9 Å². The molecule has 0 saturated heterocycles. The van der Waals surface area contributed by atoms with Crippen LogP contribution in [-0.4, -0.2) is 10.2 Å². The number of rotatable bonds is 7. The van der Waals surface area contributed by atoms with Crippen molar-refractivity contribution in [2.75, 3.05) is 0 Å². The maximum Gasteiger partial charge on any atom is 0.0525 e. The van der Waals surface area contributed by atoms with Crippen LogP contribution >= 0.6 is 0 Å². The second kappa shape index (κ2) is 9.73. The minimum atomic E-state index is 0.653. The van der Waals surface area contributed by atoms with Crippen LogP contribution in [0.25, 0.3) is 0 Å². The van der Waals surface area contributed by atoms with Gasteiger partial charge in [0, 0.05) is 18.0 Å². The molecule has 2 atom stereocenters. The lowest BCUT2D eigenvalue weighted by Gasteiger charge is -2.16. The zero-order valence-electron chi connectivity index (χ0n) is 16.8. The van der Waals surface area contributed by atoms with E-state index in [-0.39, 0.29) is 0 Å². The van der Waals surface area contributed by atoms with Crippen LogP contribution in [0.1, 0.15) is 73.2 Å². The van der Waals surface area contributed by atoms with E-state index in [1.54, 1.807) is 0 Å². The van der Waals surface area contributed by atoms with Crippen molar-refractivity contribution in [1.82, 2.24) is 10.2 Å². The Balaban J connectivity index is 1.30. The first-order chi connectivity index (χ1) is 13.9. The van der Waals surface area contributed by atoms with Gasteiger partial charge in [0.1, 0.15) is 0 Å². The van der Waals surface area contributed by atoms with Crippen molar-refractivity contribution in [3.63, 3.8) is 0 Å². The molecular weight excluding hydrogens is 340 g/mol. The third kappa shape index (κ3) is 5.13. The fraction of sp³-hybridized carbons (Fsp3) is 0.423. The van der Waals surface area contributed by atoms with Gasteiger partial charge in [0.05, 0.1) is 6.20 Å². The van der Waals surface area contributed by atoms with Crippen LogP contribution < -0.4 is 0 Å². The Labute approximate surface area is 169 Å². The van der Waals surface area contributed by atoms with Crippen LogP contribution in [0, 0.1) is 5.92 Å². The Hall–Kier alpha value is -2.35. The summed E-state index contributed by atoms with van der Waals surface area (Å²) in [7, 11) is 0. The predicted octanol–water partition coefficient (Wildman–Crippen LogP) is 6.69. The van der Waals surface area contributed by atoms with E-state index in [9.17, 15) is 0 Å². The van der Waals surface area contributed by atoms with E-state index in [2.05, 4.69) is 70.9 Å². The Kier molecular flexibility index (Phi) is 6.60. The lowest BCUT2D eigenvalue weighted by molar-refractivity contribution is 0.413. The number of benzene rings is 2. The Bertz CT molecular complexity index is 822. The van der Waals surface area contributed by atoms with Gasteiger partial charge in [0.2, 0.25) is 0 Å². The number of hydrogen-bond acceptors (Lipinski definition) is 1. The fourth-order valence-electron chi connectivity index (χ4n) is 4.83. The molecule has 1 saturated carbocycles.